The Bertz CT molecular complexity index is 669. The molecule has 3 heteroatoms. The standard InChI is InChI=1S/C19H20N2O/c1-22-19-10-6-15(7-11-19)13-21(18-8-9-18)14-17-5-3-2-4-16(17)12-20/h2-7,10-11,18H,8-9,13-14H2,1H3/p+1. The first-order valence-electron chi connectivity index (χ1n) is 7.75. The van der Waals surface area contributed by atoms with E-state index in [0.29, 0.717) is 0 Å². The summed E-state index contributed by atoms with van der Waals surface area (Å²) in [5.41, 5.74) is 3.27. The molecule has 0 heterocycles. The number of nitrogens with zero attached hydrogens (tertiary/aromatic N) is 1. The zero-order valence-electron chi connectivity index (χ0n) is 12.9. The molecule has 1 aliphatic carbocycles. The van der Waals surface area contributed by atoms with Crippen molar-refractivity contribution in [1.29, 1.82) is 5.26 Å². The van der Waals surface area contributed by atoms with Crippen molar-refractivity contribution in [3.05, 3.63) is 65.2 Å². The van der Waals surface area contributed by atoms with Gasteiger partial charge in [-0.15, -0.1) is 0 Å². The Balaban J connectivity index is 1.74. The maximum Gasteiger partial charge on any atom is 0.118 e. The molecule has 0 aliphatic heterocycles. The number of hydrogen-bond acceptors (Lipinski definition) is 2. The molecule has 1 atom stereocenters. The number of nitriles is 1. The van der Waals surface area contributed by atoms with Crippen LogP contribution in [-0.2, 0) is 13.1 Å². The van der Waals surface area contributed by atoms with Crippen molar-refractivity contribution in [2.24, 2.45) is 0 Å². The molecule has 1 saturated carbocycles. The van der Waals surface area contributed by atoms with E-state index in [4.69, 9.17) is 4.74 Å². The summed E-state index contributed by atoms with van der Waals surface area (Å²) in [4.78, 5) is 1.55. The Labute approximate surface area is 131 Å². The first kappa shape index (κ1) is 14.6. The first-order valence-corrected chi connectivity index (χ1v) is 7.75. The molecule has 1 fully saturated rings. The molecule has 0 bridgehead atoms. The van der Waals surface area contributed by atoms with Crippen molar-refractivity contribution in [2.75, 3.05) is 7.11 Å². The van der Waals surface area contributed by atoms with E-state index in [1.54, 1.807) is 12.0 Å². The summed E-state index contributed by atoms with van der Waals surface area (Å²) >= 11 is 0. The average Bonchev–Trinajstić information content (AvgIpc) is 3.40. The highest BCUT2D eigenvalue weighted by atomic mass is 16.5. The number of nitrogens with one attached hydrogen (secondary N) is 1. The van der Waals surface area contributed by atoms with E-state index in [0.717, 1.165) is 36.0 Å². The molecular formula is C19H21N2O+. The molecule has 0 saturated heterocycles. The van der Waals surface area contributed by atoms with Gasteiger partial charge in [-0.3, -0.25) is 0 Å². The summed E-state index contributed by atoms with van der Waals surface area (Å²) in [7, 11) is 1.69. The highest BCUT2D eigenvalue weighted by Gasteiger charge is 2.33. The largest absolute Gasteiger partial charge is 0.497 e. The van der Waals surface area contributed by atoms with Crippen molar-refractivity contribution >= 4 is 0 Å². The molecule has 22 heavy (non-hydrogen) atoms. The van der Waals surface area contributed by atoms with Crippen molar-refractivity contribution in [3.63, 3.8) is 0 Å². The van der Waals surface area contributed by atoms with Crippen LogP contribution in [0.25, 0.3) is 0 Å². The van der Waals surface area contributed by atoms with Crippen LogP contribution in [0.3, 0.4) is 0 Å². The minimum atomic E-state index is 0.730. The number of rotatable bonds is 6. The molecule has 0 radical (unpaired) electrons. The molecule has 1 unspecified atom stereocenters. The zero-order chi connectivity index (χ0) is 15.4. The average molecular weight is 293 g/mol. The van der Waals surface area contributed by atoms with E-state index in [9.17, 15) is 5.26 Å². The summed E-state index contributed by atoms with van der Waals surface area (Å²) in [6.07, 6.45) is 2.58. The summed E-state index contributed by atoms with van der Waals surface area (Å²) in [6, 6.07) is 19.3. The number of quaternary nitrogens is 1. The molecule has 1 aliphatic rings. The molecule has 3 nitrogen and oxygen atoms in total. The SMILES string of the molecule is COc1ccc(C[NH+](Cc2ccccc2C#N)C2CC2)cc1. The highest BCUT2D eigenvalue weighted by molar-refractivity contribution is 5.36. The zero-order valence-corrected chi connectivity index (χ0v) is 12.9. The van der Waals surface area contributed by atoms with Crippen LogP contribution in [0.4, 0.5) is 0 Å². The third kappa shape index (κ3) is 3.47. The summed E-state index contributed by atoms with van der Waals surface area (Å²) < 4.78 is 5.22. The second-order valence-corrected chi connectivity index (χ2v) is 5.90. The van der Waals surface area contributed by atoms with Gasteiger partial charge < -0.3 is 9.64 Å². The van der Waals surface area contributed by atoms with E-state index in [1.165, 1.54) is 18.4 Å². The molecule has 0 amide bonds. The van der Waals surface area contributed by atoms with Crippen LogP contribution in [0.15, 0.2) is 48.5 Å². The van der Waals surface area contributed by atoms with Crippen molar-refractivity contribution in [1.82, 2.24) is 0 Å². The lowest BCUT2D eigenvalue weighted by atomic mass is 10.1. The summed E-state index contributed by atoms with van der Waals surface area (Å²) in [5.74, 6) is 0.895. The van der Waals surface area contributed by atoms with Crippen LogP contribution in [0.1, 0.15) is 29.5 Å². The first-order chi connectivity index (χ1) is 10.8. The van der Waals surface area contributed by atoms with Crippen molar-refractivity contribution < 1.29 is 9.64 Å². The van der Waals surface area contributed by atoms with E-state index in [-0.39, 0.29) is 0 Å². The quantitative estimate of drug-likeness (QED) is 0.887. The van der Waals surface area contributed by atoms with Crippen LogP contribution in [0.2, 0.25) is 0 Å². The normalized spacial score (nSPS) is 15.1. The molecule has 112 valence electrons. The lowest BCUT2D eigenvalue weighted by Gasteiger charge is -2.20. The van der Waals surface area contributed by atoms with Gasteiger partial charge in [0.2, 0.25) is 0 Å². The fraction of sp³-hybridized carbons (Fsp3) is 0.316. The summed E-state index contributed by atoms with van der Waals surface area (Å²) in [5, 5.41) is 9.26. The van der Waals surface area contributed by atoms with Crippen molar-refractivity contribution in [3.8, 4) is 11.8 Å². The Morgan fingerprint density at radius 2 is 1.82 bits per heavy atom. The number of methoxy groups -OCH3 is 1. The lowest BCUT2D eigenvalue weighted by molar-refractivity contribution is -0.938. The molecule has 2 aromatic carbocycles. The Morgan fingerprint density at radius 3 is 2.45 bits per heavy atom. The van der Waals surface area contributed by atoms with Gasteiger partial charge in [-0.1, -0.05) is 18.2 Å². The van der Waals surface area contributed by atoms with Gasteiger partial charge in [0.05, 0.1) is 24.8 Å². The Morgan fingerprint density at radius 1 is 1.09 bits per heavy atom. The number of benzene rings is 2. The Kier molecular flexibility index (Phi) is 4.41. The molecule has 3 rings (SSSR count). The third-order valence-corrected chi connectivity index (χ3v) is 4.30. The van der Waals surface area contributed by atoms with Gasteiger partial charge in [0.15, 0.2) is 0 Å². The van der Waals surface area contributed by atoms with E-state index in [1.807, 2.05) is 30.3 Å². The molecular weight excluding hydrogens is 272 g/mol. The predicted molar refractivity (Wildman–Crippen MR) is 85.5 cm³/mol. The van der Waals surface area contributed by atoms with E-state index >= 15 is 0 Å². The Hall–Kier alpha value is -2.31. The third-order valence-electron chi connectivity index (χ3n) is 4.30. The van der Waals surface area contributed by atoms with Crippen molar-refractivity contribution in [2.45, 2.75) is 32.0 Å². The van der Waals surface area contributed by atoms with Crippen LogP contribution >= 0.6 is 0 Å². The minimum absolute atomic E-state index is 0.730. The van der Waals surface area contributed by atoms with Crippen LogP contribution < -0.4 is 9.64 Å². The van der Waals surface area contributed by atoms with Gasteiger partial charge >= 0.3 is 0 Å². The minimum Gasteiger partial charge on any atom is -0.497 e. The van der Waals surface area contributed by atoms with Gasteiger partial charge in [-0.2, -0.15) is 5.26 Å². The van der Waals surface area contributed by atoms with Gasteiger partial charge in [-0.05, 0) is 30.3 Å². The van der Waals surface area contributed by atoms with Gasteiger partial charge in [0, 0.05) is 24.0 Å². The van der Waals surface area contributed by atoms with Gasteiger partial charge in [0.25, 0.3) is 0 Å². The molecule has 1 N–H and O–H groups in total. The number of hydrogen-bond donors (Lipinski definition) is 1. The second-order valence-electron chi connectivity index (χ2n) is 5.90. The lowest BCUT2D eigenvalue weighted by Crippen LogP contribution is -3.10. The van der Waals surface area contributed by atoms with E-state index in [2.05, 4.69) is 24.3 Å². The van der Waals surface area contributed by atoms with Crippen LogP contribution in [0, 0.1) is 11.3 Å². The molecule has 2 aromatic rings. The summed E-state index contributed by atoms with van der Waals surface area (Å²) in [6.45, 7) is 1.91. The topological polar surface area (TPSA) is 37.5 Å². The smallest absolute Gasteiger partial charge is 0.118 e. The highest BCUT2D eigenvalue weighted by Crippen LogP contribution is 2.18. The molecule has 0 aromatic heterocycles. The maximum atomic E-state index is 9.26. The van der Waals surface area contributed by atoms with Crippen LogP contribution in [-0.4, -0.2) is 13.2 Å². The van der Waals surface area contributed by atoms with E-state index < -0.39 is 0 Å². The fourth-order valence-electron chi connectivity index (χ4n) is 2.88. The van der Waals surface area contributed by atoms with Gasteiger partial charge in [-0.25, -0.2) is 0 Å². The monoisotopic (exact) mass is 293 g/mol. The van der Waals surface area contributed by atoms with Gasteiger partial charge in [0.1, 0.15) is 18.8 Å². The second kappa shape index (κ2) is 6.64. The number of ether oxygens (including phenoxy) is 1. The predicted octanol–water partition coefficient (Wildman–Crippen LogP) is 2.31. The maximum absolute atomic E-state index is 9.26. The fourth-order valence-corrected chi connectivity index (χ4v) is 2.88. The molecule has 0 spiro atoms. The van der Waals surface area contributed by atoms with Crippen LogP contribution in [0.5, 0.6) is 5.75 Å².